The molecule has 0 aliphatic rings. The van der Waals surface area contributed by atoms with Gasteiger partial charge in [0.2, 0.25) is 0 Å². The van der Waals surface area contributed by atoms with Gasteiger partial charge in [-0.2, -0.15) is 0 Å². The molecule has 3 rings (SSSR count). The van der Waals surface area contributed by atoms with E-state index in [4.69, 9.17) is 0 Å². The average Bonchev–Trinajstić information content (AvgIpc) is 2.62. The Labute approximate surface area is 153 Å². The molecular weight excluding hydrogens is 327 g/mol. The number of hydrogen-bond acceptors (Lipinski definition) is 2. The standard InChI is InChI=1S/C23H23FO2/c1-16(25)5-3-2-4-6-17-7-8-21(15-23(17)24)18-9-10-20-14-22(26)12-11-19(20)13-18/h4,6-16,25-26H,2-3,5H2,1H3. The van der Waals surface area contributed by atoms with Crippen LogP contribution in [0.3, 0.4) is 0 Å². The first-order valence-electron chi connectivity index (χ1n) is 8.90. The van der Waals surface area contributed by atoms with Crippen LogP contribution in [0.5, 0.6) is 5.75 Å². The number of fused-ring (bicyclic) bond motifs is 1. The maximum Gasteiger partial charge on any atom is 0.131 e. The van der Waals surface area contributed by atoms with Crippen LogP contribution in [0, 0.1) is 5.82 Å². The molecular formula is C23H23FO2. The third-order valence-corrected chi connectivity index (χ3v) is 4.45. The van der Waals surface area contributed by atoms with Crippen LogP contribution in [0.1, 0.15) is 31.7 Å². The van der Waals surface area contributed by atoms with E-state index < -0.39 is 0 Å². The molecule has 0 bridgehead atoms. The quantitative estimate of drug-likeness (QED) is 0.542. The van der Waals surface area contributed by atoms with Gasteiger partial charge in [0.05, 0.1) is 6.10 Å². The van der Waals surface area contributed by atoms with Crippen LogP contribution in [0.2, 0.25) is 0 Å². The van der Waals surface area contributed by atoms with Crippen LogP contribution in [-0.2, 0) is 0 Å². The summed E-state index contributed by atoms with van der Waals surface area (Å²) in [5.74, 6) is -0.0130. The zero-order valence-corrected chi connectivity index (χ0v) is 14.8. The number of rotatable bonds is 6. The van der Waals surface area contributed by atoms with Gasteiger partial charge in [-0.25, -0.2) is 4.39 Å². The molecule has 3 heteroatoms. The van der Waals surface area contributed by atoms with Crippen molar-refractivity contribution < 1.29 is 14.6 Å². The SMILES string of the molecule is CC(O)CCCC=Cc1ccc(-c2ccc3cc(O)ccc3c2)cc1F. The molecule has 0 radical (unpaired) electrons. The molecule has 0 saturated heterocycles. The lowest BCUT2D eigenvalue weighted by Crippen LogP contribution is -1.97. The molecule has 134 valence electrons. The van der Waals surface area contributed by atoms with Gasteiger partial charge in [0.15, 0.2) is 0 Å². The van der Waals surface area contributed by atoms with Gasteiger partial charge in [-0.3, -0.25) is 0 Å². The Balaban J connectivity index is 1.76. The van der Waals surface area contributed by atoms with E-state index in [2.05, 4.69) is 0 Å². The number of aliphatic hydroxyl groups is 1. The van der Waals surface area contributed by atoms with Crippen LogP contribution >= 0.6 is 0 Å². The average molecular weight is 350 g/mol. The highest BCUT2D eigenvalue weighted by Crippen LogP contribution is 2.28. The van der Waals surface area contributed by atoms with Crippen LogP contribution in [0.4, 0.5) is 4.39 Å². The second-order valence-electron chi connectivity index (χ2n) is 6.66. The summed E-state index contributed by atoms with van der Waals surface area (Å²) in [5.41, 5.74) is 2.33. The molecule has 0 saturated carbocycles. The Morgan fingerprint density at radius 3 is 2.42 bits per heavy atom. The molecule has 2 N–H and O–H groups in total. The molecule has 1 atom stereocenters. The van der Waals surface area contributed by atoms with Gasteiger partial charge in [-0.05, 0) is 72.4 Å². The van der Waals surface area contributed by atoms with Crippen LogP contribution in [0.15, 0.2) is 60.7 Å². The van der Waals surface area contributed by atoms with Crippen molar-refractivity contribution in [3.8, 4) is 16.9 Å². The van der Waals surface area contributed by atoms with Crippen molar-refractivity contribution in [2.45, 2.75) is 32.3 Å². The molecule has 0 aromatic heterocycles. The van der Waals surface area contributed by atoms with Gasteiger partial charge in [-0.1, -0.05) is 42.5 Å². The van der Waals surface area contributed by atoms with E-state index in [0.717, 1.165) is 41.2 Å². The third-order valence-electron chi connectivity index (χ3n) is 4.45. The lowest BCUT2D eigenvalue weighted by atomic mass is 9.99. The first kappa shape index (κ1) is 18.2. The fourth-order valence-electron chi connectivity index (χ4n) is 3.00. The van der Waals surface area contributed by atoms with Gasteiger partial charge in [0.1, 0.15) is 11.6 Å². The van der Waals surface area contributed by atoms with Crippen molar-refractivity contribution in [3.05, 3.63) is 72.1 Å². The predicted molar refractivity (Wildman–Crippen MR) is 106 cm³/mol. The van der Waals surface area contributed by atoms with E-state index in [1.54, 1.807) is 37.3 Å². The Kier molecular flexibility index (Phi) is 5.69. The molecule has 0 aliphatic carbocycles. The summed E-state index contributed by atoms with van der Waals surface area (Å²) in [6, 6.07) is 16.3. The summed E-state index contributed by atoms with van der Waals surface area (Å²) in [4.78, 5) is 0. The van der Waals surface area contributed by atoms with Gasteiger partial charge >= 0.3 is 0 Å². The van der Waals surface area contributed by atoms with Crippen LogP contribution in [0.25, 0.3) is 28.0 Å². The zero-order chi connectivity index (χ0) is 18.5. The van der Waals surface area contributed by atoms with Gasteiger partial charge < -0.3 is 10.2 Å². The predicted octanol–water partition coefficient (Wildman–Crippen LogP) is 5.92. The van der Waals surface area contributed by atoms with E-state index in [1.807, 2.05) is 36.4 Å². The molecule has 0 heterocycles. The van der Waals surface area contributed by atoms with Crippen molar-refractivity contribution in [3.63, 3.8) is 0 Å². The Bertz CT molecular complexity index is 929. The Morgan fingerprint density at radius 1 is 0.962 bits per heavy atom. The summed E-state index contributed by atoms with van der Waals surface area (Å²) < 4.78 is 14.4. The molecule has 2 nitrogen and oxygen atoms in total. The maximum absolute atomic E-state index is 14.4. The molecule has 1 unspecified atom stereocenters. The number of allylic oxidation sites excluding steroid dienone is 1. The molecule has 3 aromatic rings. The van der Waals surface area contributed by atoms with Crippen molar-refractivity contribution >= 4 is 16.8 Å². The van der Waals surface area contributed by atoms with E-state index in [9.17, 15) is 14.6 Å². The van der Waals surface area contributed by atoms with Gasteiger partial charge in [0, 0.05) is 5.56 Å². The fraction of sp³-hybridized carbons (Fsp3) is 0.217. The Hall–Kier alpha value is -2.65. The molecule has 0 aliphatic heterocycles. The van der Waals surface area contributed by atoms with Crippen molar-refractivity contribution in [1.82, 2.24) is 0 Å². The van der Waals surface area contributed by atoms with E-state index >= 15 is 0 Å². The van der Waals surface area contributed by atoms with Crippen molar-refractivity contribution in [1.29, 1.82) is 0 Å². The highest BCUT2D eigenvalue weighted by molar-refractivity contribution is 5.88. The summed E-state index contributed by atoms with van der Waals surface area (Å²) in [6.07, 6.45) is 5.92. The number of phenols is 1. The monoisotopic (exact) mass is 350 g/mol. The number of unbranched alkanes of at least 4 members (excludes halogenated alkanes) is 1. The summed E-state index contributed by atoms with van der Waals surface area (Å²) in [6.45, 7) is 1.78. The summed E-state index contributed by atoms with van der Waals surface area (Å²) in [7, 11) is 0. The van der Waals surface area contributed by atoms with Gasteiger partial charge in [-0.15, -0.1) is 0 Å². The number of aromatic hydroxyl groups is 1. The van der Waals surface area contributed by atoms with E-state index in [0.29, 0.717) is 5.56 Å². The zero-order valence-electron chi connectivity index (χ0n) is 14.8. The number of aliphatic hydroxyl groups excluding tert-OH is 1. The molecule has 0 spiro atoms. The number of halogens is 1. The van der Waals surface area contributed by atoms with Crippen LogP contribution < -0.4 is 0 Å². The first-order valence-corrected chi connectivity index (χ1v) is 8.90. The van der Waals surface area contributed by atoms with Gasteiger partial charge in [0.25, 0.3) is 0 Å². The third kappa shape index (κ3) is 4.50. The van der Waals surface area contributed by atoms with E-state index in [1.165, 1.54) is 0 Å². The smallest absolute Gasteiger partial charge is 0.131 e. The number of hydrogen-bond donors (Lipinski definition) is 2. The largest absolute Gasteiger partial charge is 0.508 e. The molecule has 26 heavy (non-hydrogen) atoms. The molecule has 3 aromatic carbocycles. The Morgan fingerprint density at radius 2 is 1.65 bits per heavy atom. The highest BCUT2D eigenvalue weighted by atomic mass is 19.1. The molecule has 0 fully saturated rings. The second-order valence-corrected chi connectivity index (χ2v) is 6.66. The topological polar surface area (TPSA) is 40.5 Å². The normalized spacial score (nSPS) is 12.7. The lowest BCUT2D eigenvalue weighted by Gasteiger charge is -2.06. The number of phenolic OH excluding ortho intramolecular Hbond substituents is 1. The summed E-state index contributed by atoms with van der Waals surface area (Å²) >= 11 is 0. The maximum atomic E-state index is 14.4. The van der Waals surface area contributed by atoms with Crippen molar-refractivity contribution in [2.75, 3.05) is 0 Å². The highest BCUT2D eigenvalue weighted by Gasteiger charge is 2.05. The fourth-order valence-corrected chi connectivity index (χ4v) is 3.00. The first-order chi connectivity index (χ1) is 12.5. The second kappa shape index (κ2) is 8.15. The minimum absolute atomic E-state index is 0.237. The van der Waals surface area contributed by atoms with Crippen LogP contribution in [-0.4, -0.2) is 16.3 Å². The van der Waals surface area contributed by atoms with E-state index in [-0.39, 0.29) is 17.7 Å². The summed E-state index contributed by atoms with van der Waals surface area (Å²) in [5, 5.41) is 20.7. The molecule has 0 amide bonds. The van der Waals surface area contributed by atoms with Crippen molar-refractivity contribution in [2.24, 2.45) is 0 Å². The minimum Gasteiger partial charge on any atom is -0.508 e. The lowest BCUT2D eigenvalue weighted by molar-refractivity contribution is 0.182. The minimum atomic E-state index is -0.287. The number of benzene rings is 3.